The molecule has 7 nitrogen and oxygen atoms in total. The zero-order valence-corrected chi connectivity index (χ0v) is 14.3. The van der Waals surface area contributed by atoms with Crippen LogP contribution in [0.2, 0.25) is 0 Å². The summed E-state index contributed by atoms with van der Waals surface area (Å²) < 4.78 is 5.37. The number of hydrogen-bond acceptors (Lipinski definition) is 6. The van der Waals surface area contributed by atoms with Crippen LogP contribution in [0.4, 0.5) is 0 Å². The average molecular weight is 347 g/mol. The Labute approximate surface area is 150 Å². The molecule has 3 aromatic heterocycles. The van der Waals surface area contributed by atoms with Gasteiger partial charge in [0.25, 0.3) is 5.91 Å². The largest absolute Gasteiger partial charge is 0.360 e. The number of amides is 1. The molecule has 0 aliphatic carbocycles. The molecule has 3 aromatic rings. The van der Waals surface area contributed by atoms with Gasteiger partial charge in [0, 0.05) is 42.2 Å². The number of hydrogen-bond donors (Lipinski definition) is 0. The second-order valence-corrected chi connectivity index (χ2v) is 6.79. The van der Waals surface area contributed by atoms with Gasteiger partial charge in [-0.3, -0.25) is 9.78 Å². The van der Waals surface area contributed by atoms with Gasteiger partial charge in [0.15, 0.2) is 0 Å². The van der Waals surface area contributed by atoms with Gasteiger partial charge in [-0.2, -0.15) is 0 Å². The number of aromatic nitrogens is 4. The first kappa shape index (κ1) is 15.2. The summed E-state index contributed by atoms with van der Waals surface area (Å²) in [6.45, 7) is 1.78. The molecule has 2 atom stereocenters. The van der Waals surface area contributed by atoms with Gasteiger partial charge in [-0.25, -0.2) is 9.97 Å². The molecule has 1 saturated heterocycles. The fourth-order valence-corrected chi connectivity index (χ4v) is 4.19. The van der Waals surface area contributed by atoms with E-state index in [0.717, 1.165) is 36.1 Å². The summed E-state index contributed by atoms with van der Waals surface area (Å²) in [5.74, 6) is 0.493. The van der Waals surface area contributed by atoms with Crippen molar-refractivity contribution in [2.75, 3.05) is 0 Å². The minimum Gasteiger partial charge on any atom is -0.360 e. The molecule has 0 spiro atoms. The first-order valence-corrected chi connectivity index (χ1v) is 8.72. The zero-order chi connectivity index (χ0) is 17.7. The lowest BCUT2D eigenvalue weighted by Crippen LogP contribution is -2.42. The van der Waals surface area contributed by atoms with Crippen molar-refractivity contribution in [2.45, 2.75) is 38.3 Å². The predicted molar refractivity (Wildman–Crippen MR) is 92.1 cm³/mol. The number of nitrogens with zero attached hydrogens (tertiary/aromatic N) is 5. The van der Waals surface area contributed by atoms with Crippen LogP contribution in [0.5, 0.6) is 0 Å². The third-order valence-electron chi connectivity index (χ3n) is 5.36. The Hall–Kier alpha value is -3.09. The summed E-state index contributed by atoms with van der Waals surface area (Å²) in [4.78, 5) is 28.2. The highest BCUT2D eigenvalue weighted by atomic mass is 16.5. The Morgan fingerprint density at radius 3 is 3.04 bits per heavy atom. The van der Waals surface area contributed by atoms with Crippen molar-refractivity contribution in [2.24, 2.45) is 0 Å². The molecule has 5 heterocycles. The van der Waals surface area contributed by atoms with Gasteiger partial charge in [-0.1, -0.05) is 5.16 Å². The summed E-state index contributed by atoms with van der Waals surface area (Å²) in [6, 6.07) is 3.89. The SMILES string of the molecule is Cc1onc(-c2cccnc2)c1C(=O)N1C2CCC1c1cncnc1C2. The Morgan fingerprint density at radius 1 is 1.27 bits per heavy atom. The highest BCUT2D eigenvalue weighted by molar-refractivity contribution is 6.01. The lowest BCUT2D eigenvalue weighted by atomic mass is 9.97. The van der Waals surface area contributed by atoms with E-state index in [-0.39, 0.29) is 18.0 Å². The molecule has 0 saturated carbocycles. The van der Waals surface area contributed by atoms with E-state index in [1.807, 2.05) is 23.2 Å². The molecular formula is C19H17N5O2. The standard InChI is InChI=1S/C19H17N5O2/c1-11-17(18(23-26-11)12-3-2-6-20-8-12)19(25)24-13-4-5-16(24)14-9-21-10-22-15(14)7-13/h2-3,6,8-10,13,16H,4-5,7H2,1H3. The Morgan fingerprint density at radius 2 is 2.19 bits per heavy atom. The lowest BCUT2D eigenvalue weighted by molar-refractivity contribution is 0.0642. The van der Waals surface area contributed by atoms with E-state index in [9.17, 15) is 4.79 Å². The molecule has 26 heavy (non-hydrogen) atoms. The molecule has 2 bridgehead atoms. The highest BCUT2D eigenvalue weighted by Crippen LogP contribution is 2.44. The van der Waals surface area contributed by atoms with Gasteiger partial charge < -0.3 is 9.42 Å². The minimum atomic E-state index is -0.0374. The van der Waals surface area contributed by atoms with Crippen molar-refractivity contribution >= 4 is 5.91 Å². The summed E-state index contributed by atoms with van der Waals surface area (Å²) in [5.41, 5.74) is 3.98. The smallest absolute Gasteiger partial charge is 0.260 e. The Kier molecular flexibility index (Phi) is 3.34. The van der Waals surface area contributed by atoms with Crippen LogP contribution in [0.1, 0.15) is 46.3 Å². The van der Waals surface area contributed by atoms with E-state index in [1.54, 1.807) is 25.6 Å². The fraction of sp³-hybridized carbons (Fsp3) is 0.316. The van der Waals surface area contributed by atoms with Crippen molar-refractivity contribution < 1.29 is 9.32 Å². The first-order valence-electron chi connectivity index (χ1n) is 8.72. The van der Waals surface area contributed by atoms with E-state index >= 15 is 0 Å². The van der Waals surface area contributed by atoms with E-state index in [2.05, 4.69) is 20.1 Å². The Balaban J connectivity index is 1.57. The van der Waals surface area contributed by atoms with E-state index in [1.165, 1.54) is 0 Å². The van der Waals surface area contributed by atoms with Crippen molar-refractivity contribution in [3.05, 3.63) is 59.6 Å². The van der Waals surface area contributed by atoms with E-state index in [4.69, 9.17) is 4.52 Å². The normalized spacial score (nSPS) is 20.9. The van der Waals surface area contributed by atoms with Gasteiger partial charge in [0.2, 0.25) is 0 Å². The third kappa shape index (κ3) is 2.16. The van der Waals surface area contributed by atoms with Crippen molar-refractivity contribution in [3.63, 3.8) is 0 Å². The predicted octanol–water partition coefficient (Wildman–Crippen LogP) is 2.74. The topological polar surface area (TPSA) is 85.0 Å². The van der Waals surface area contributed by atoms with Crippen LogP contribution in [-0.2, 0) is 6.42 Å². The summed E-state index contributed by atoms with van der Waals surface area (Å²) >= 11 is 0. The van der Waals surface area contributed by atoms with Gasteiger partial charge >= 0.3 is 0 Å². The van der Waals surface area contributed by atoms with Crippen LogP contribution in [-0.4, -0.2) is 37.0 Å². The van der Waals surface area contributed by atoms with Gasteiger partial charge in [-0.05, 0) is 31.9 Å². The molecule has 130 valence electrons. The van der Waals surface area contributed by atoms with Crippen molar-refractivity contribution in [1.82, 2.24) is 25.0 Å². The van der Waals surface area contributed by atoms with Gasteiger partial charge in [0.1, 0.15) is 23.3 Å². The zero-order valence-electron chi connectivity index (χ0n) is 14.3. The van der Waals surface area contributed by atoms with Gasteiger partial charge in [-0.15, -0.1) is 0 Å². The number of pyridine rings is 1. The third-order valence-corrected chi connectivity index (χ3v) is 5.36. The van der Waals surface area contributed by atoms with Crippen molar-refractivity contribution in [1.29, 1.82) is 0 Å². The second kappa shape index (κ2) is 5.72. The molecule has 5 rings (SSSR count). The molecule has 0 N–H and O–H groups in total. The Bertz CT molecular complexity index is 985. The number of fused-ring (bicyclic) bond motifs is 4. The fourth-order valence-electron chi connectivity index (χ4n) is 4.19. The maximum absolute atomic E-state index is 13.5. The number of aryl methyl sites for hydroxylation is 1. The molecule has 2 unspecified atom stereocenters. The second-order valence-electron chi connectivity index (χ2n) is 6.79. The summed E-state index contributed by atoms with van der Waals surface area (Å²) in [6.07, 6.45) is 9.49. The first-order chi connectivity index (χ1) is 12.7. The van der Waals surface area contributed by atoms with E-state index in [0.29, 0.717) is 17.0 Å². The van der Waals surface area contributed by atoms with Crippen LogP contribution in [0.15, 0.2) is 41.6 Å². The van der Waals surface area contributed by atoms with Gasteiger partial charge in [0.05, 0.1) is 11.7 Å². The molecule has 2 aliphatic rings. The maximum atomic E-state index is 13.5. The molecule has 0 radical (unpaired) electrons. The minimum absolute atomic E-state index is 0.0218. The highest BCUT2D eigenvalue weighted by Gasteiger charge is 2.44. The van der Waals surface area contributed by atoms with Crippen molar-refractivity contribution in [3.8, 4) is 11.3 Å². The molecule has 1 amide bonds. The number of carbonyl (C=O) groups excluding carboxylic acids is 1. The lowest BCUT2D eigenvalue weighted by Gasteiger charge is -2.35. The van der Waals surface area contributed by atoms with Crippen LogP contribution < -0.4 is 0 Å². The molecule has 2 aliphatic heterocycles. The quantitative estimate of drug-likeness (QED) is 0.708. The molecule has 0 aromatic carbocycles. The number of carbonyl (C=O) groups is 1. The van der Waals surface area contributed by atoms with Crippen LogP contribution >= 0.6 is 0 Å². The summed E-state index contributed by atoms with van der Waals surface area (Å²) in [7, 11) is 0. The van der Waals surface area contributed by atoms with Crippen LogP contribution in [0.3, 0.4) is 0 Å². The molecular weight excluding hydrogens is 330 g/mol. The van der Waals surface area contributed by atoms with Crippen LogP contribution in [0, 0.1) is 6.92 Å². The molecule has 7 heteroatoms. The summed E-state index contributed by atoms with van der Waals surface area (Å²) in [5, 5.41) is 4.13. The maximum Gasteiger partial charge on any atom is 0.260 e. The molecule has 1 fully saturated rings. The van der Waals surface area contributed by atoms with Crippen LogP contribution in [0.25, 0.3) is 11.3 Å². The average Bonchev–Trinajstić information content (AvgIpc) is 3.21. The number of rotatable bonds is 2. The van der Waals surface area contributed by atoms with E-state index < -0.39 is 0 Å². The monoisotopic (exact) mass is 347 g/mol.